The normalized spacial score (nSPS) is 28.8. The Hall–Kier alpha value is -0.120. The molecule has 2 aliphatic heterocycles. The molecule has 0 spiro atoms. The summed E-state index contributed by atoms with van der Waals surface area (Å²) in [6.07, 6.45) is 2.79. The third kappa shape index (κ3) is 4.23. The number of nitrogens with zero attached hydrogens (tertiary/aromatic N) is 2. The maximum absolute atomic E-state index is 3.43. The van der Waals surface area contributed by atoms with Crippen molar-refractivity contribution in [3.63, 3.8) is 0 Å². The minimum atomic E-state index is 0.479. The SMILES string of the molecule is CN1CCC(CC(C)(C)CN2CCNCC2)C1. The quantitative estimate of drug-likeness (QED) is 0.797. The number of rotatable bonds is 4. The van der Waals surface area contributed by atoms with Gasteiger partial charge < -0.3 is 15.1 Å². The molecule has 1 N–H and O–H groups in total. The Labute approximate surface area is 107 Å². The van der Waals surface area contributed by atoms with Gasteiger partial charge in [0.15, 0.2) is 0 Å². The Morgan fingerprint density at radius 3 is 2.47 bits per heavy atom. The highest BCUT2D eigenvalue weighted by atomic mass is 15.2. The maximum atomic E-state index is 3.43. The van der Waals surface area contributed by atoms with Crippen LogP contribution in [0.3, 0.4) is 0 Å². The van der Waals surface area contributed by atoms with Crippen molar-refractivity contribution in [3.8, 4) is 0 Å². The number of hydrogen-bond acceptors (Lipinski definition) is 3. The Kier molecular flexibility index (Phi) is 4.45. The Morgan fingerprint density at radius 2 is 1.88 bits per heavy atom. The third-order valence-corrected chi connectivity index (χ3v) is 4.19. The van der Waals surface area contributed by atoms with Crippen LogP contribution in [0.25, 0.3) is 0 Å². The smallest absolute Gasteiger partial charge is 0.0108 e. The molecule has 3 heteroatoms. The van der Waals surface area contributed by atoms with Crippen molar-refractivity contribution in [2.45, 2.75) is 26.7 Å². The zero-order chi connectivity index (χ0) is 12.3. The molecule has 1 unspecified atom stereocenters. The molecule has 0 radical (unpaired) electrons. The summed E-state index contributed by atoms with van der Waals surface area (Å²) in [5.41, 5.74) is 0.479. The summed E-state index contributed by atoms with van der Waals surface area (Å²) in [4.78, 5) is 5.11. The van der Waals surface area contributed by atoms with Crippen LogP contribution in [0.5, 0.6) is 0 Å². The van der Waals surface area contributed by atoms with E-state index < -0.39 is 0 Å². The van der Waals surface area contributed by atoms with Crippen LogP contribution in [0.2, 0.25) is 0 Å². The molecular weight excluding hydrogens is 210 g/mol. The first-order valence-corrected chi connectivity index (χ1v) is 7.17. The summed E-state index contributed by atoms with van der Waals surface area (Å²) < 4.78 is 0. The minimum absolute atomic E-state index is 0.479. The van der Waals surface area contributed by atoms with Crippen molar-refractivity contribution in [1.82, 2.24) is 15.1 Å². The second-order valence-electron chi connectivity index (χ2n) is 6.81. The number of likely N-dealkylation sites (tertiary alicyclic amines) is 1. The highest BCUT2D eigenvalue weighted by Crippen LogP contribution is 2.31. The largest absolute Gasteiger partial charge is 0.314 e. The molecule has 0 aromatic rings. The number of hydrogen-bond donors (Lipinski definition) is 1. The molecular formula is C14H29N3. The third-order valence-electron chi connectivity index (χ3n) is 4.19. The molecule has 2 rings (SSSR count). The molecule has 100 valence electrons. The van der Waals surface area contributed by atoms with Gasteiger partial charge >= 0.3 is 0 Å². The van der Waals surface area contributed by atoms with E-state index in [1.165, 1.54) is 58.7 Å². The van der Waals surface area contributed by atoms with Crippen molar-refractivity contribution >= 4 is 0 Å². The van der Waals surface area contributed by atoms with Crippen LogP contribution in [0.15, 0.2) is 0 Å². The average Bonchev–Trinajstić information content (AvgIpc) is 2.63. The van der Waals surface area contributed by atoms with E-state index in [1.807, 2.05) is 0 Å². The van der Waals surface area contributed by atoms with Gasteiger partial charge in [0.1, 0.15) is 0 Å². The zero-order valence-corrected chi connectivity index (χ0v) is 11.8. The lowest BCUT2D eigenvalue weighted by Gasteiger charge is -2.36. The molecule has 0 amide bonds. The molecule has 0 bridgehead atoms. The first kappa shape index (κ1) is 13.3. The monoisotopic (exact) mass is 239 g/mol. The topological polar surface area (TPSA) is 18.5 Å². The summed E-state index contributed by atoms with van der Waals surface area (Å²) in [5.74, 6) is 0.929. The Bertz CT molecular complexity index is 225. The summed E-state index contributed by atoms with van der Waals surface area (Å²) in [5, 5.41) is 3.43. The molecule has 0 aromatic carbocycles. The number of piperazine rings is 1. The first-order chi connectivity index (χ1) is 8.05. The van der Waals surface area contributed by atoms with Gasteiger partial charge in [-0.25, -0.2) is 0 Å². The molecule has 2 heterocycles. The van der Waals surface area contributed by atoms with E-state index in [0.29, 0.717) is 5.41 Å². The van der Waals surface area contributed by atoms with E-state index in [0.717, 1.165) is 5.92 Å². The molecule has 3 nitrogen and oxygen atoms in total. The van der Waals surface area contributed by atoms with Crippen molar-refractivity contribution in [2.24, 2.45) is 11.3 Å². The van der Waals surface area contributed by atoms with Crippen LogP contribution in [-0.2, 0) is 0 Å². The molecule has 2 aliphatic rings. The predicted molar refractivity (Wildman–Crippen MR) is 73.3 cm³/mol. The fourth-order valence-corrected chi connectivity index (χ4v) is 3.51. The second-order valence-corrected chi connectivity index (χ2v) is 6.81. The zero-order valence-electron chi connectivity index (χ0n) is 11.8. The minimum Gasteiger partial charge on any atom is -0.314 e. The van der Waals surface area contributed by atoms with E-state index in [9.17, 15) is 0 Å². The van der Waals surface area contributed by atoms with Gasteiger partial charge in [0.2, 0.25) is 0 Å². The van der Waals surface area contributed by atoms with Gasteiger partial charge in [0.05, 0.1) is 0 Å². The van der Waals surface area contributed by atoms with Crippen molar-refractivity contribution in [1.29, 1.82) is 0 Å². The lowest BCUT2D eigenvalue weighted by Crippen LogP contribution is -2.47. The molecule has 0 saturated carbocycles. The highest BCUT2D eigenvalue weighted by molar-refractivity contribution is 4.83. The van der Waals surface area contributed by atoms with Crippen LogP contribution in [0, 0.1) is 11.3 Å². The lowest BCUT2D eigenvalue weighted by molar-refractivity contribution is 0.138. The van der Waals surface area contributed by atoms with E-state index in [1.54, 1.807) is 0 Å². The Balaban J connectivity index is 1.76. The number of nitrogens with one attached hydrogen (secondary N) is 1. The van der Waals surface area contributed by atoms with Crippen LogP contribution in [0.1, 0.15) is 26.7 Å². The van der Waals surface area contributed by atoms with Gasteiger partial charge in [-0.2, -0.15) is 0 Å². The van der Waals surface area contributed by atoms with Crippen LogP contribution < -0.4 is 5.32 Å². The standard InChI is InChI=1S/C14H29N3/c1-14(2,10-13-4-7-16(3)11-13)12-17-8-5-15-6-9-17/h13,15H,4-12H2,1-3H3. The fraction of sp³-hybridized carbons (Fsp3) is 1.00. The van der Waals surface area contributed by atoms with Gasteiger partial charge in [-0.3, -0.25) is 0 Å². The van der Waals surface area contributed by atoms with Crippen LogP contribution >= 0.6 is 0 Å². The van der Waals surface area contributed by atoms with Crippen molar-refractivity contribution in [3.05, 3.63) is 0 Å². The molecule has 17 heavy (non-hydrogen) atoms. The summed E-state index contributed by atoms with van der Waals surface area (Å²) in [7, 11) is 2.25. The summed E-state index contributed by atoms with van der Waals surface area (Å²) in [6, 6.07) is 0. The fourth-order valence-electron chi connectivity index (χ4n) is 3.51. The van der Waals surface area contributed by atoms with E-state index in [4.69, 9.17) is 0 Å². The Morgan fingerprint density at radius 1 is 1.18 bits per heavy atom. The lowest BCUT2D eigenvalue weighted by atomic mass is 9.81. The van der Waals surface area contributed by atoms with E-state index in [-0.39, 0.29) is 0 Å². The predicted octanol–water partition coefficient (Wildman–Crippen LogP) is 1.26. The van der Waals surface area contributed by atoms with E-state index in [2.05, 4.69) is 36.0 Å². The van der Waals surface area contributed by atoms with Gasteiger partial charge in [-0.15, -0.1) is 0 Å². The average molecular weight is 239 g/mol. The highest BCUT2D eigenvalue weighted by Gasteiger charge is 2.29. The molecule has 2 fully saturated rings. The van der Waals surface area contributed by atoms with Gasteiger partial charge in [0, 0.05) is 39.3 Å². The maximum Gasteiger partial charge on any atom is 0.0108 e. The molecule has 0 aromatic heterocycles. The van der Waals surface area contributed by atoms with E-state index >= 15 is 0 Å². The summed E-state index contributed by atoms with van der Waals surface area (Å²) >= 11 is 0. The second kappa shape index (κ2) is 5.68. The molecule has 2 saturated heterocycles. The van der Waals surface area contributed by atoms with Crippen LogP contribution in [0.4, 0.5) is 0 Å². The molecule has 1 atom stereocenters. The van der Waals surface area contributed by atoms with Gasteiger partial charge in [0.25, 0.3) is 0 Å². The van der Waals surface area contributed by atoms with Gasteiger partial charge in [-0.1, -0.05) is 13.8 Å². The first-order valence-electron chi connectivity index (χ1n) is 7.17. The van der Waals surface area contributed by atoms with Crippen molar-refractivity contribution < 1.29 is 0 Å². The molecule has 0 aliphatic carbocycles. The summed E-state index contributed by atoms with van der Waals surface area (Å²) in [6.45, 7) is 13.6. The van der Waals surface area contributed by atoms with Crippen LogP contribution in [-0.4, -0.2) is 62.7 Å². The van der Waals surface area contributed by atoms with Crippen molar-refractivity contribution in [2.75, 3.05) is 52.9 Å². The van der Waals surface area contributed by atoms with Gasteiger partial charge in [-0.05, 0) is 37.8 Å².